The maximum atomic E-state index is 12.1. The summed E-state index contributed by atoms with van der Waals surface area (Å²) >= 11 is 2.87. The van der Waals surface area contributed by atoms with Crippen molar-refractivity contribution >= 4 is 39.6 Å². The van der Waals surface area contributed by atoms with Crippen molar-refractivity contribution in [2.24, 2.45) is 0 Å². The molecule has 2 aromatic rings. The number of ether oxygens (including phenoxy) is 1. The van der Waals surface area contributed by atoms with Crippen LogP contribution in [0.2, 0.25) is 0 Å². The lowest BCUT2D eigenvalue weighted by atomic mass is 10.1. The standard InChI is InChI=1S/C14H13NO3S2/c1-18-14(17)11-8-4-2-5-9(8)20-13(11)15-12(16)10-6-3-7-19-10/h3,6-7H,2,4-5H2,1H3,(H,15,16). The molecular weight excluding hydrogens is 294 g/mol. The van der Waals surface area contributed by atoms with Crippen LogP contribution in [0, 0.1) is 0 Å². The highest BCUT2D eigenvalue weighted by Crippen LogP contribution is 2.39. The van der Waals surface area contributed by atoms with Crippen LogP contribution in [0.5, 0.6) is 0 Å². The minimum atomic E-state index is -0.370. The zero-order valence-electron chi connectivity index (χ0n) is 10.9. The van der Waals surface area contributed by atoms with Crippen molar-refractivity contribution < 1.29 is 14.3 Å². The molecule has 0 aromatic carbocycles. The number of thiophene rings is 2. The summed E-state index contributed by atoms with van der Waals surface area (Å²) in [5, 5.41) is 5.31. The van der Waals surface area contributed by atoms with Crippen LogP contribution in [0.1, 0.15) is 36.9 Å². The molecular formula is C14H13NO3S2. The van der Waals surface area contributed by atoms with E-state index in [2.05, 4.69) is 5.32 Å². The molecule has 0 radical (unpaired) electrons. The number of carbonyl (C=O) groups is 2. The summed E-state index contributed by atoms with van der Waals surface area (Å²) in [5.41, 5.74) is 1.58. The van der Waals surface area contributed by atoms with E-state index in [1.165, 1.54) is 34.7 Å². The first-order chi connectivity index (χ1) is 9.70. The van der Waals surface area contributed by atoms with Gasteiger partial charge in [0.2, 0.25) is 0 Å². The number of nitrogens with one attached hydrogen (secondary N) is 1. The SMILES string of the molecule is COC(=O)c1c(NC(=O)c2cccs2)sc2c1CCC2. The first-order valence-corrected chi connectivity index (χ1v) is 7.98. The van der Waals surface area contributed by atoms with Crippen molar-refractivity contribution in [1.29, 1.82) is 0 Å². The van der Waals surface area contributed by atoms with Crippen LogP contribution in [-0.4, -0.2) is 19.0 Å². The van der Waals surface area contributed by atoms with E-state index in [4.69, 9.17) is 4.74 Å². The van der Waals surface area contributed by atoms with Gasteiger partial charge < -0.3 is 10.1 Å². The second kappa shape index (κ2) is 5.38. The van der Waals surface area contributed by atoms with E-state index in [1.54, 1.807) is 6.07 Å². The lowest BCUT2D eigenvalue weighted by Gasteiger charge is -2.05. The highest BCUT2D eigenvalue weighted by molar-refractivity contribution is 7.17. The van der Waals surface area contributed by atoms with Crippen LogP contribution in [0.4, 0.5) is 5.00 Å². The van der Waals surface area contributed by atoms with Gasteiger partial charge >= 0.3 is 5.97 Å². The van der Waals surface area contributed by atoms with Gasteiger partial charge in [0, 0.05) is 4.88 Å². The molecule has 1 aliphatic carbocycles. The molecule has 0 fully saturated rings. The van der Waals surface area contributed by atoms with Gasteiger partial charge in [0.1, 0.15) is 5.00 Å². The van der Waals surface area contributed by atoms with E-state index < -0.39 is 0 Å². The highest BCUT2D eigenvalue weighted by atomic mass is 32.1. The largest absolute Gasteiger partial charge is 0.465 e. The zero-order chi connectivity index (χ0) is 14.1. The third kappa shape index (κ3) is 2.25. The zero-order valence-corrected chi connectivity index (χ0v) is 12.5. The quantitative estimate of drug-likeness (QED) is 0.885. The highest BCUT2D eigenvalue weighted by Gasteiger charge is 2.28. The fraction of sp³-hybridized carbons (Fsp3) is 0.286. The summed E-state index contributed by atoms with van der Waals surface area (Å²) in [6.45, 7) is 0. The molecule has 0 bridgehead atoms. The van der Waals surface area contributed by atoms with Gasteiger partial charge in [-0.15, -0.1) is 22.7 Å². The van der Waals surface area contributed by atoms with Crippen LogP contribution in [-0.2, 0) is 17.6 Å². The van der Waals surface area contributed by atoms with Crippen LogP contribution in [0.25, 0.3) is 0 Å². The van der Waals surface area contributed by atoms with Gasteiger partial charge in [0.05, 0.1) is 17.6 Å². The Bertz CT molecular complexity index is 658. The van der Waals surface area contributed by atoms with Crippen molar-refractivity contribution in [2.75, 3.05) is 12.4 Å². The normalized spacial score (nSPS) is 13.1. The number of hydrogen-bond acceptors (Lipinski definition) is 5. The number of amides is 1. The molecule has 0 saturated carbocycles. The smallest absolute Gasteiger partial charge is 0.341 e. The first-order valence-electron chi connectivity index (χ1n) is 6.28. The summed E-state index contributed by atoms with van der Waals surface area (Å²) in [6, 6.07) is 3.59. The van der Waals surface area contributed by atoms with Crippen LogP contribution in [0.3, 0.4) is 0 Å². The molecule has 1 N–H and O–H groups in total. The molecule has 0 unspecified atom stereocenters. The van der Waals surface area contributed by atoms with Crippen LogP contribution in [0.15, 0.2) is 17.5 Å². The number of fused-ring (bicyclic) bond motifs is 1. The van der Waals surface area contributed by atoms with Crippen molar-refractivity contribution in [3.05, 3.63) is 38.4 Å². The van der Waals surface area contributed by atoms with Gasteiger partial charge in [0.25, 0.3) is 5.91 Å². The average molecular weight is 307 g/mol. The van der Waals surface area contributed by atoms with E-state index in [-0.39, 0.29) is 11.9 Å². The predicted molar refractivity (Wildman–Crippen MR) is 80.0 cm³/mol. The van der Waals surface area contributed by atoms with E-state index in [0.717, 1.165) is 24.8 Å². The second-order valence-electron chi connectivity index (χ2n) is 4.48. The molecule has 20 heavy (non-hydrogen) atoms. The Kier molecular flexibility index (Phi) is 3.58. The van der Waals surface area contributed by atoms with Crippen molar-refractivity contribution in [1.82, 2.24) is 0 Å². The lowest BCUT2D eigenvalue weighted by molar-refractivity contribution is 0.0601. The molecule has 6 heteroatoms. The van der Waals surface area contributed by atoms with Crippen LogP contribution < -0.4 is 5.32 Å². The molecule has 0 atom stereocenters. The van der Waals surface area contributed by atoms with Crippen molar-refractivity contribution in [3.63, 3.8) is 0 Å². The molecule has 3 rings (SSSR count). The minimum absolute atomic E-state index is 0.176. The predicted octanol–water partition coefficient (Wildman–Crippen LogP) is 3.34. The fourth-order valence-corrected chi connectivity index (χ4v) is 4.27. The first kappa shape index (κ1) is 13.3. The summed E-state index contributed by atoms with van der Waals surface area (Å²) in [7, 11) is 1.37. The number of carbonyl (C=O) groups excluding carboxylic acids is 2. The molecule has 1 amide bonds. The minimum Gasteiger partial charge on any atom is -0.465 e. The Morgan fingerprint density at radius 3 is 2.90 bits per heavy atom. The summed E-state index contributed by atoms with van der Waals surface area (Å²) in [6.07, 6.45) is 2.91. The van der Waals surface area contributed by atoms with Crippen molar-refractivity contribution in [3.8, 4) is 0 Å². The number of rotatable bonds is 3. The Balaban J connectivity index is 1.93. The summed E-state index contributed by atoms with van der Waals surface area (Å²) in [5.74, 6) is -0.545. The van der Waals surface area contributed by atoms with Gasteiger partial charge in [-0.1, -0.05) is 6.07 Å². The Morgan fingerprint density at radius 1 is 1.35 bits per heavy atom. The van der Waals surface area contributed by atoms with E-state index in [0.29, 0.717) is 15.4 Å². The third-order valence-electron chi connectivity index (χ3n) is 3.28. The van der Waals surface area contributed by atoms with Crippen LogP contribution >= 0.6 is 22.7 Å². The molecule has 104 valence electrons. The average Bonchev–Trinajstić information content (AvgIpc) is 3.13. The number of anilines is 1. The Hall–Kier alpha value is -1.66. The maximum Gasteiger partial charge on any atom is 0.341 e. The molecule has 0 aliphatic heterocycles. The number of methoxy groups -OCH3 is 1. The number of esters is 1. The second-order valence-corrected chi connectivity index (χ2v) is 6.54. The van der Waals surface area contributed by atoms with E-state index in [1.807, 2.05) is 11.4 Å². The summed E-state index contributed by atoms with van der Waals surface area (Å²) in [4.78, 5) is 25.9. The van der Waals surface area contributed by atoms with Gasteiger partial charge in [-0.25, -0.2) is 4.79 Å². The Morgan fingerprint density at radius 2 is 2.20 bits per heavy atom. The molecule has 1 aliphatic rings. The topological polar surface area (TPSA) is 55.4 Å². The number of hydrogen-bond donors (Lipinski definition) is 1. The number of aryl methyl sites for hydroxylation is 1. The Labute approximate surface area is 124 Å². The molecule has 4 nitrogen and oxygen atoms in total. The van der Waals surface area contributed by atoms with Gasteiger partial charge in [-0.3, -0.25) is 4.79 Å². The molecule has 0 saturated heterocycles. The van der Waals surface area contributed by atoms with Gasteiger partial charge in [-0.2, -0.15) is 0 Å². The van der Waals surface area contributed by atoms with E-state index >= 15 is 0 Å². The molecule has 0 spiro atoms. The monoisotopic (exact) mass is 307 g/mol. The molecule has 2 heterocycles. The third-order valence-corrected chi connectivity index (χ3v) is 5.36. The van der Waals surface area contributed by atoms with Gasteiger partial charge in [0.15, 0.2) is 0 Å². The molecule has 2 aromatic heterocycles. The summed E-state index contributed by atoms with van der Waals surface area (Å²) < 4.78 is 4.85. The maximum absolute atomic E-state index is 12.1. The fourth-order valence-electron chi connectivity index (χ4n) is 2.38. The van der Waals surface area contributed by atoms with Gasteiger partial charge in [-0.05, 0) is 36.3 Å². The lowest BCUT2D eigenvalue weighted by Crippen LogP contribution is -2.13. The van der Waals surface area contributed by atoms with E-state index in [9.17, 15) is 9.59 Å². The van der Waals surface area contributed by atoms with Crippen molar-refractivity contribution in [2.45, 2.75) is 19.3 Å².